The van der Waals surface area contributed by atoms with Gasteiger partial charge in [0.1, 0.15) is 6.04 Å². The molecule has 108 valence electrons. The maximum atomic E-state index is 11.0. The van der Waals surface area contributed by atoms with Gasteiger partial charge in [0.25, 0.3) is 5.56 Å². The van der Waals surface area contributed by atoms with Crippen molar-refractivity contribution in [2.75, 3.05) is 5.73 Å². The molecule has 0 saturated heterocycles. The summed E-state index contributed by atoms with van der Waals surface area (Å²) in [5, 5.41) is 16.0. The van der Waals surface area contributed by atoms with Gasteiger partial charge in [0.05, 0.1) is 12.7 Å². The van der Waals surface area contributed by atoms with Crippen LogP contribution < -0.4 is 17.0 Å². The smallest absolute Gasteiger partial charge is 0.321 e. The van der Waals surface area contributed by atoms with E-state index in [0.29, 0.717) is 11.2 Å². The second-order valence-electron chi connectivity index (χ2n) is 3.59. The minimum atomic E-state index is -1.29. The molecule has 2 aromatic heterocycles. The van der Waals surface area contributed by atoms with Crippen molar-refractivity contribution >= 4 is 29.1 Å². The van der Waals surface area contributed by atoms with Gasteiger partial charge in [0.2, 0.25) is 5.95 Å². The molecule has 20 heavy (non-hydrogen) atoms. The van der Waals surface area contributed by atoms with E-state index in [1.54, 1.807) is 0 Å². The number of H-pyrrole nitrogens is 2. The number of hydrogen-bond donors (Lipinski definition) is 6. The summed E-state index contributed by atoms with van der Waals surface area (Å²) in [6.07, 6.45) is 0.863. The van der Waals surface area contributed by atoms with Crippen molar-refractivity contribution in [3.8, 4) is 0 Å². The number of carbonyl (C=O) groups is 2. The first-order valence-electron chi connectivity index (χ1n) is 5.20. The molecule has 0 saturated carbocycles. The fourth-order valence-electron chi connectivity index (χ4n) is 1.14. The van der Waals surface area contributed by atoms with Crippen molar-refractivity contribution in [3.05, 3.63) is 16.7 Å². The molecule has 11 heteroatoms. The monoisotopic (exact) mass is 284 g/mol. The van der Waals surface area contributed by atoms with Crippen LogP contribution in [-0.2, 0) is 9.59 Å². The van der Waals surface area contributed by atoms with Crippen molar-refractivity contribution in [1.29, 1.82) is 0 Å². The van der Waals surface area contributed by atoms with Crippen LogP contribution in [0.25, 0.3) is 11.2 Å². The number of aromatic nitrogens is 4. The van der Waals surface area contributed by atoms with Crippen molar-refractivity contribution in [2.45, 2.75) is 12.5 Å². The van der Waals surface area contributed by atoms with E-state index in [4.69, 9.17) is 21.7 Å². The zero-order chi connectivity index (χ0) is 15.3. The number of anilines is 1. The van der Waals surface area contributed by atoms with Gasteiger partial charge in [-0.05, 0) is 0 Å². The van der Waals surface area contributed by atoms with E-state index in [9.17, 15) is 14.4 Å². The van der Waals surface area contributed by atoms with Gasteiger partial charge in [-0.2, -0.15) is 4.98 Å². The Balaban J connectivity index is 0.000000206. The third-order valence-electron chi connectivity index (χ3n) is 2.03. The summed E-state index contributed by atoms with van der Waals surface area (Å²) in [7, 11) is 0. The first kappa shape index (κ1) is 15.1. The second-order valence-corrected chi connectivity index (χ2v) is 3.59. The molecule has 1 atom stereocenters. The zero-order valence-electron chi connectivity index (χ0n) is 10.0. The molecule has 0 bridgehead atoms. The number of nitrogens with zero attached hydrogens (tertiary/aromatic N) is 2. The topological polar surface area (TPSA) is 201 Å². The molecule has 8 N–H and O–H groups in total. The predicted molar refractivity (Wildman–Crippen MR) is 66.8 cm³/mol. The summed E-state index contributed by atoms with van der Waals surface area (Å²) in [4.78, 5) is 43.2. The van der Waals surface area contributed by atoms with Gasteiger partial charge in [-0.15, -0.1) is 0 Å². The number of nitrogens with one attached hydrogen (secondary N) is 2. The number of hydrogen-bond acceptors (Lipinski definition) is 7. The fourth-order valence-corrected chi connectivity index (χ4v) is 1.14. The Hall–Kier alpha value is -2.95. The lowest BCUT2D eigenvalue weighted by Crippen LogP contribution is -2.32. The third-order valence-corrected chi connectivity index (χ3v) is 2.03. The average molecular weight is 284 g/mol. The second kappa shape index (κ2) is 6.29. The SMILES string of the molecule is N[C@@H](CC(=O)O)C(=O)O.Nc1nc2nc[nH]c2c(=O)[nH]1. The Morgan fingerprint density at radius 1 is 1.40 bits per heavy atom. The summed E-state index contributed by atoms with van der Waals surface area (Å²) in [5.74, 6) is -2.42. The van der Waals surface area contributed by atoms with Crippen LogP contribution in [0.5, 0.6) is 0 Å². The van der Waals surface area contributed by atoms with Crippen molar-refractivity contribution in [1.82, 2.24) is 19.9 Å². The fraction of sp³-hybridized carbons (Fsp3) is 0.222. The number of nitrogen functional groups attached to an aromatic ring is 1. The lowest BCUT2D eigenvalue weighted by molar-refractivity contribution is -0.144. The highest BCUT2D eigenvalue weighted by molar-refractivity contribution is 5.80. The van der Waals surface area contributed by atoms with Gasteiger partial charge in [0, 0.05) is 0 Å². The van der Waals surface area contributed by atoms with Crippen molar-refractivity contribution in [3.63, 3.8) is 0 Å². The number of aliphatic carboxylic acids is 2. The number of nitrogens with two attached hydrogens (primary N) is 2. The van der Waals surface area contributed by atoms with Crippen LogP contribution in [0, 0.1) is 0 Å². The number of rotatable bonds is 3. The minimum absolute atomic E-state index is 0.0783. The minimum Gasteiger partial charge on any atom is -0.481 e. The number of fused-ring (bicyclic) bond motifs is 1. The van der Waals surface area contributed by atoms with Gasteiger partial charge >= 0.3 is 11.9 Å². The van der Waals surface area contributed by atoms with Gasteiger partial charge < -0.3 is 26.7 Å². The van der Waals surface area contributed by atoms with E-state index in [-0.39, 0.29) is 11.5 Å². The lowest BCUT2D eigenvalue weighted by atomic mass is 10.2. The van der Waals surface area contributed by atoms with Crippen LogP contribution in [0.15, 0.2) is 11.1 Å². The van der Waals surface area contributed by atoms with E-state index in [1.165, 1.54) is 6.33 Å². The molecule has 11 nitrogen and oxygen atoms in total. The maximum absolute atomic E-state index is 11.0. The predicted octanol–water partition coefficient (Wildman–Crippen LogP) is -1.90. The third kappa shape index (κ3) is 4.06. The molecule has 2 aromatic rings. The van der Waals surface area contributed by atoms with Crippen LogP contribution in [-0.4, -0.2) is 48.1 Å². The van der Waals surface area contributed by atoms with E-state index >= 15 is 0 Å². The molecule has 0 aliphatic rings. The largest absolute Gasteiger partial charge is 0.481 e. The summed E-state index contributed by atoms with van der Waals surface area (Å²) in [6, 6.07) is -1.29. The summed E-state index contributed by atoms with van der Waals surface area (Å²) >= 11 is 0. The Morgan fingerprint density at radius 2 is 2.05 bits per heavy atom. The maximum Gasteiger partial charge on any atom is 0.321 e. The normalized spacial score (nSPS) is 11.4. The Kier molecular flexibility index (Phi) is 4.75. The number of imidazole rings is 1. The van der Waals surface area contributed by atoms with Crippen LogP contribution >= 0.6 is 0 Å². The number of carboxylic acid groups (broad SMARTS) is 2. The molecule has 0 aromatic carbocycles. The number of carboxylic acids is 2. The highest BCUT2D eigenvalue weighted by atomic mass is 16.4. The van der Waals surface area contributed by atoms with Gasteiger partial charge in [0.15, 0.2) is 11.2 Å². The number of aromatic amines is 2. The summed E-state index contributed by atoms with van der Waals surface area (Å²) in [6.45, 7) is 0. The standard InChI is InChI=1S/C5H5N5O.C4H7NO4/c6-5-9-3-2(4(11)10-5)7-1-8-3;5-2(4(8)9)1-3(6)7/h1H,(H4,6,7,8,9,10,11);2H,1,5H2,(H,6,7)(H,8,9)/t;2-/m.0/s1. The van der Waals surface area contributed by atoms with E-state index in [0.717, 1.165) is 0 Å². The van der Waals surface area contributed by atoms with Crippen molar-refractivity contribution < 1.29 is 19.8 Å². The molecule has 0 fully saturated rings. The molecule has 2 heterocycles. The molecule has 2 rings (SSSR count). The molecule has 0 spiro atoms. The lowest BCUT2D eigenvalue weighted by Gasteiger charge is -1.99. The van der Waals surface area contributed by atoms with Crippen LogP contribution in [0.3, 0.4) is 0 Å². The average Bonchev–Trinajstić information content (AvgIpc) is 2.77. The van der Waals surface area contributed by atoms with Crippen molar-refractivity contribution in [2.24, 2.45) is 5.73 Å². The van der Waals surface area contributed by atoms with Crippen LogP contribution in [0.4, 0.5) is 5.95 Å². The molecule has 0 amide bonds. The van der Waals surface area contributed by atoms with E-state index in [2.05, 4.69) is 19.9 Å². The van der Waals surface area contributed by atoms with Gasteiger partial charge in [-0.25, -0.2) is 4.98 Å². The van der Waals surface area contributed by atoms with Crippen LogP contribution in [0.2, 0.25) is 0 Å². The molecule has 0 unspecified atom stereocenters. The van der Waals surface area contributed by atoms with Crippen LogP contribution in [0.1, 0.15) is 6.42 Å². The summed E-state index contributed by atoms with van der Waals surface area (Å²) in [5.41, 5.74) is 10.5. The highest BCUT2D eigenvalue weighted by Crippen LogP contribution is 1.98. The molecule has 0 radical (unpaired) electrons. The molecule has 0 aliphatic heterocycles. The Labute approximate surface area is 110 Å². The zero-order valence-corrected chi connectivity index (χ0v) is 10.0. The Bertz CT molecular complexity index is 677. The first-order chi connectivity index (χ1) is 9.31. The Morgan fingerprint density at radius 3 is 2.55 bits per heavy atom. The molecule has 0 aliphatic carbocycles. The molecular weight excluding hydrogens is 272 g/mol. The highest BCUT2D eigenvalue weighted by Gasteiger charge is 2.14. The first-order valence-corrected chi connectivity index (χ1v) is 5.20. The van der Waals surface area contributed by atoms with Gasteiger partial charge in [-0.3, -0.25) is 19.4 Å². The van der Waals surface area contributed by atoms with E-state index in [1.807, 2.05) is 0 Å². The quantitative estimate of drug-likeness (QED) is 0.372. The summed E-state index contributed by atoms with van der Waals surface area (Å²) < 4.78 is 0. The van der Waals surface area contributed by atoms with Gasteiger partial charge in [-0.1, -0.05) is 0 Å². The molecular formula is C9H12N6O5. The van der Waals surface area contributed by atoms with E-state index < -0.39 is 24.4 Å².